The van der Waals surface area contributed by atoms with Crippen LogP contribution in [0.4, 0.5) is 0 Å². The van der Waals surface area contributed by atoms with Gasteiger partial charge in [0.05, 0.1) is 6.10 Å². The molecule has 2 unspecified atom stereocenters. The van der Waals surface area contributed by atoms with Gasteiger partial charge < -0.3 is 4.74 Å². The SMILES string of the molecule is C=CCCC(CCC1CCCO1)NN. The summed E-state index contributed by atoms with van der Waals surface area (Å²) in [5.41, 5.74) is 2.86. The van der Waals surface area contributed by atoms with Gasteiger partial charge in [0.2, 0.25) is 0 Å². The van der Waals surface area contributed by atoms with Gasteiger partial charge in [-0.25, -0.2) is 0 Å². The van der Waals surface area contributed by atoms with Gasteiger partial charge in [0.15, 0.2) is 0 Å². The van der Waals surface area contributed by atoms with Crippen LogP contribution < -0.4 is 11.3 Å². The van der Waals surface area contributed by atoms with E-state index in [4.69, 9.17) is 10.6 Å². The maximum atomic E-state index is 5.56. The number of nitrogens with two attached hydrogens (primary N) is 1. The molecule has 0 saturated carbocycles. The minimum atomic E-state index is 0.414. The summed E-state index contributed by atoms with van der Waals surface area (Å²) in [5.74, 6) is 5.47. The summed E-state index contributed by atoms with van der Waals surface area (Å²) in [5, 5.41) is 0. The summed E-state index contributed by atoms with van der Waals surface area (Å²) in [4.78, 5) is 0. The Kier molecular flexibility index (Phi) is 5.83. The van der Waals surface area contributed by atoms with Crippen molar-refractivity contribution in [3.63, 3.8) is 0 Å². The van der Waals surface area contributed by atoms with Crippen molar-refractivity contribution in [3.8, 4) is 0 Å². The van der Waals surface area contributed by atoms with Crippen LogP contribution in [0, 0.1) is 0 Å². The number of ether oxygens (including phenoxy) is 1. The van der Waals surface area contributed by atoms with Gasteiger partial charge in [-0.2, -0.15) is 0 Å². The van der Waals surface area contributed by atoms with Gasteiger partial charge in [-0.1, -0.05) is 6.08 Å². The zero-order chi connectivity index (χ0) is 10.2. The maximum absolute atomic E-state index is 5.56. The number of rotatable bonds is 7. The fourth-order valence-electron chi connectivity index (χ4n) is 1.89. The molecule has 0 amide bonds. The first kappa shape index (κ1) is 11.7. The molecule has 0 aliphatic carbocycles. The molecule has 1 aliphatic rings. The molecule has 3 heteroatoms. The first-order valence-corrected chi connectivity index (χ1v) is 5.55. The van der Waals surface area contributed by atoms with E-state index in [-0.39, 0.29) is 0 Å². The molecule has 0 aromatic carbocycles. The summed E-state index contributed by atoms with van der Waals surface area (Å²) in [7, 11) is 0. The predicted octanol–water partition coefficient (Wildman–Crippen LogP) is 1.74. The topological polar surface area (TPSA) is 47.3 Å². The zero-order valence-electron chi connectivity index (χ0n) is 8.87. The lowest BCUT2D eigenvalue weighted by Crippen LogP contribution is -2.35. The molecular weight excluding hydrogens is 176 g/mol. The smallest absolute Gasteiger partial charge is 0.0576 e. The minimum absolute atomic E-state index is 0.414. The van der Waals surface area contributed by atoms with Crippen molar-refractivity contribution in [2.24, 2.45) is 5.84 Å². The number of hydrazine groups is 1. The quantitative estimate of drug-likeness (QED) is 0.372. The van der Waals surface area contributed by atoms with Crippen molar-refractivity contribution in [1.82, 2.24) is 5.43 Å². The van der Waals surface area contributed by atoms with Crippen molar-refractivity contribution in [2.45, 2.75) is 50.7 Å². The number of hydrogen-bond acceptors (Lipinski definition) is 3. The fourth-order valence-corrected chi connectivity index (χ4v) is 1.89. The first-order valence-electron chi connectivity index (χ1n) is 5.55. The van der Waals surface area contributed by atoms with Crippen LogP contribution in [0.25, 0.3) is 0 Å². The molecule has 3 N–H and O–H groups in total. The molecule has 1 rings (SSSR count). The molecule has 0 radical (unpaired) electrons. The van der Waals surface area contributed by atoms with Crippen molar-refractivity contribution < 1.29 is 4.74 Å². The summed E-state index contributed by atoms with van der Waals surface area (Å²) in [6.45, 7) is 4.65. The van der Waals surface area contributed by atoms with Crippen molar-refractivity contribution >= 4 is 0 Å². The Balaban J connectivity index is 2.09. The Hall–Kier alpha value is -0.380. The van der Waals surface area contributed by atoms with Gasteiger partial charge >= 0.3 is 0 Å². The second-order valence-corrected chi connectivity index (χ2v) is 3.94. The molecule has 0 spiro atoms. The van der Waals surface area contributed by atoms with E-state index in [2.05, 4.69) is 12.0 Å². The first-order chi connectivity index (χ1) is 6.86. The van der Waals surface area contributed by atoms with E-state index >= 15 is 0 Å². The monoisotopic (exact) mass is 198 g/mol. The Morgan fingerprint density at radius 1 is 1.57 bits per heavy atom. The van der Waals surface area contributed by atoms with Gasteiger partial charge in [-0.3, -0.25) is 11.3 Å². The van der Waals surface area contributed by atoms with E-state index in [1.54, 1.807) is 0 Å². The second-order valence-electron chi connectivity index (χ2n) is 3.94. The molecule has 3 nitrogen and oxygen atoms in total. The Morgan fingerprint density at radius 3 is 3.00 bits per heavy atom. The molecular formula is C11H22N2O. The average Bonchev–Trinajstić information content (AvgIpc) is 2.71. The largest absolute Gasteiger partial charge is 0.378 e. The van der Waals surface area contributed by atoms with Crippen LogP contribution in [0.3, 0.4) is 0 Å². The summed E-state index contributed by atoms with van der Waals surface area (Å²) < 4.78 is 5.56. The molecule has 1 saturated heterocycles. The van der Waals surface area contributed by atoms with Crippen molar-refractivity contribution in [3.05, 3.63) is 12.7 Å². The summed E-state index contributed by atoms with van der Waals surface area (Å²) in [6, 6.07) is 0.414. The average molecular weight is 198 g/mol. The molecule has 0 aromatic heterocycles. The Morgan fingerprint density at radius 2 is 2.43 bits per heavy atom. The molecule has 14 heavy (non-hydrogen) atoms. The summed E-state index contributed by atoms with van der Waals surface area (Å²) >= 11 is 0. The standard InChI is InChI=1S/C11H22N2O/c1-2-3-5-10(13-12)7-8-11-6-4-9-14-11/h2,10-11,13H,1,3-9,12H2. The van der Waals surface area contributed by atoms with E-state index in [1.165, 1.54) is 12.8 Å². The Labute approximate surface area is 86.7 Å². The van der Waals surface area contributed by atoms with Crippen LogP contribution in [-0.2, 0) is 4.74 Å². The molecule has 1 aliphatic heterocycles. The summed E-state index contributed by atoms with van der Waals surface area (Å²) in [6.07, 6.45) is 9.20. The zero-order valence-corrected chi connectivity index (χ0v) is 8.87. The number of nitrogens with one attached hydrogen (secondary N) is 1. The van der Waals surface area contributed by atoms with Gasteiger partial charge in [0.25, 0.3) is 0 Å². The highest BCUT2D eigenvalue weighted by Gasteiger charge is 2.16. The van der Waals surface area contributed by atoms with Crippen molar-refractivity contribution in [1.29, 1.82) is 0 Å². The highest BCUT2D eigenvalue weighted by atomic mass is 16.5. The highest BCUT2D eigenvalue weighted by molar-refractivity contribution is 4.74. The second kappa shape index (κ2) is 6.98. The van der Waals surface area contributed by atoms with E-state index in [0.29, 0.717) is 12.1 Å². The van der Waals surface area contributed by atoms with Crippen LogP contribution in [0.1, 0.15) is 38.5 Å². The van der Waals surface area contributed by atoms with Gasteiger partial charge in [0.1, 0.15) is 0 Å². The van der Waals surface area contributed by atoms with E-state index in [0.717, 1.165) is 32.3 Å². The van der Waals surface area contributed by atoms with Crippen LogP contribution in [0.2, 0.25) is 0 Å². The molecule has 1 heterocycles. The lowest BCUT2D eigenvalue weighted by atomic mass is 10.0. The number of hydrogen-bond donors (Lipinski definition) is 2. The molecule has 1 fully saturated rings. The Bertz CT molecular complexity index is 155. The molecule has 2 atom stereocenters. The lowest BCUT2D eigenvalue weighted by molar-refractivity contribution is 0.0993. The van der Waals surface area contributed by atoms with E-state index in [9.17, 15) is 0 Å². The normalized spacial score (nSPS) is 23.6. The van der Waals surface area contributed by atoms with E-state index < -0.39 is 0 Å². The van der Waals surface area contributed by atoms with Crippen LogP contribution in [0.5, 0.6) is 0 Å². The van der Waals surface area contributed by atoms with Gasteiger partial charge in [0, 0.05) is 12.6 Å². The van der Waals surface area contributed by atoms with Crippen LogP contribution in [-0.4, -0.2) is 18.8 Å². The van der Waals surface area contributed by atoms with Crippen LogP contribution >= 0.6 is 0 Å². The third kappa shape index (κ3) is 4.22. The molecule has 82 valence electrons. The van der Waals surface area contributed by atoms with E-state index in [1.807, 2.05) is 6.08 Å². The molecule has 0 aromatic rings. The van der Waals surface area contributed by atoms with Crippen molar-refractivity contribution in [2.75, 3.05) is 6.61 Å². The highest BCUT2D eigenvalue weighted by Crippen LogP contribution is 2.18. The van der Waals surface area contributed by atoms with Crippen LogP contribution in [0.15, 0.2) is 12.7 Å². The maximum Gasteiger partial charge on any atom is 0.0576 e. The lowest BCUT2D eigenvalue weighted by Gasteiger charge is -2.17. The van der Waals surface area contributed by atoms with Gasteiger partial charge in [-0.15, -0.1) is 6.58 Å². The fraction of sp³-hybridized carbons (Fsp3) is 0.818. The number of allylic oxidation sites excluding steroid dienone is 1. The van der Waals surface area contributed by atoms with Gasteiger partial charge in [-0.05, 0) is 38.5 Å². The molecule has 0 bridgehead atoms. The third-order valence-corrected chi connectivity index (χ3v) is 2.82. The minimum Gasteiger partial charge on any atom is -0.378 e. The third-order valence-electron chi connectivity index (χ3n) is 2.82. The predicted molar refractivity (Wildman–Crippen MR) is 58.8 cm³/mol.